The highest BCUT2D eigenvalue weighted by molar-refractivity contribution is 7.13. The summed E-state index contributed by atoms with van der Waals surface area (Å²) in [6.07, 6.45) is 0. The number of benzene rings is 1. The zero-order chi connectivity index (χ0) is 12.4. The first-order valence-corrected chi connectivity index (χ1v) is 6.06. The van der Waals surface area contributed by atoms with Crippen molar-refractivity contribution >= 4 is 39.5 Å². The maximum Gasteiger partial charge on any atom is 0.366 e. The van der Waals surface area contributed by atoms with E-state index >= 15 is 0 Å². The first kappa shape index (κ1) is 12.2. The smallest absolute Gasteiger partial charge is 0.366 e. The van der Waals surface area contributed by atoms with Gasteiger partial charge in [-0.2, -0.15) is 0 Å². The first-order chi connectivity index (χ1) is 8.08. The van der Waals surface area contributed by atoms with Gasteiger partial charge in [0.05, 0.1) is 9.95 Å². The predicted octanol–water partition coefficient (Wildman–Crippen LogP) is 4.76. The normalized spacial score (nSPS) is 10.2. The van der Waals surface area contributed by atoms with Gasteiger partial charge in [0.1, 0.15) is 5.75 Å². The third-order valence-electron chi connectivity index (χ3n) is 1.89. The van der Waals surface area contributed by atoms with Crippen LogP contribution >= 0.6 is 34.5 Å². The van der Waals surface area contributed by atoms with Gasteiger partial charge in [-0.3, -0.25) is 10.1 Å². The second-order valence-electron chi connectivity index (χ2n) is 3.02. The molecule has 0 unspecified atom stereocenters. The van der Waals surface area contributed by atoms with Gasteiger partial charge in [0.25, 0.3) is 0 Å². The van der Waals surface area contributed by atoms with Crippen LogP contribution in [0.2, 0.25) is 10.0 Å². The fourth-order valence-corrected chi connectivity index (χ4v) is 2.26. The van der Waals surface area contributed by atoms with Crippen LogP contribution in [0.25, 0.3) is 0 Å². The molecule has 0 radical (unpaired) electrons. The van der Waals surface area contributed by atoms with Gasteiger partial charge in [0, 0.05) is 10.4 Å². The third kappa shape index (κ3) is 2.69. The third-order valence-corrected chi connectivity index (χ3v) is 3.27. The van der Waals surface area contributed by atoms with Crippen LogP contribution in [-0.2, 0) is 0 Å². The van der Waals surface area contributed by atoms with Crippen LogP contribution < -0.4 is 4.74 Å². The van der Waals surface area contributed by atoms with E-state index in [1.165, 1.54) is 12.1 Å². The van der Waals surface area contributed by atoms with Crippen molar-refractivity contribution in [2.75, 3.05) is 0 Å². The van der Waals surface area contributed by atoms with E-state index in [0.717, 1.165) is 11.3 Å². The zero-order valence-electron chi connectivity index (χ0n) is 8.22. The average molecular weight is 290 g/mol. The summed E-state index contributed by atoms with van der Waals surface area (Å²) in [4.78, 5) is 10.2. The number of nitrogens with zero attached hydrogens (tertiary/aromatic N) is 1. The van der Waals surface area contributed by atoms with Crippen molar-refractivity contribution in [3.05, 3.63) is 49.8 Å². The maximum atomic E-state index is 10.7. The molecule has 1 aromatic heterocycles. The van der Waals surface area contributed by atoms with Crippen molar-refractivity contribution in [1.82, 2.24) is 0 Å². The average Bonchev–Trinajstić information content (AvgIpc) is 2.70. The van der Waals surface area contributed by atoms with Crippen molar-refractivity contribution in [2.45, 2.75) is 0 Å². The predicted molar refractivity (Wildman–Crippen MR) is 67.5 cm³/mol. The highest BCUT2D eigenvalue weighted by Gasteiger charge is 2.18. The SMILES string of the molecule is O=[N+]([O-])c1sccc1Oc1ccc(Cl)cc1Cl. The monoisotopic (exact) mass is 289 g/mol. The number of halogens is 2. The van der Waals surface area contributed by atoms with Gasteiger partial charge in [-0.1, -0.05) is 34.5 Å². The maximum absolute atomic E-state index is 10.7. The Bertz CT molecular complexity index is 570. The van der Waals surface area contributed by atoms with Crippen molar-refractivity contribution in [1.29, 1.82) is 0 Å². The summed E-state index contributed by atoms with van der Waals surface area (Å²) >= 11 is 12.6. The number of hydrogen-bond donors (Lipinski definition) is 0. The van der Waals surface area contributed by atoms with Crippen LogP contribution in [0.4, 0.5) is 5.00 Å². The number of hydrogen-bond acceptors (Lipinski definition) is 4. The van der Waals surface area contributed by atoms with Crippen LogP contribution in [-0.4, -0.2) is 4.92 Å². The molecule has 0 atom stereocenters. The van der Waals surface area contributed by atoms with E-state index in [1.54, 1.807) is 17.5 Å². The summed E-state index contributed by atoms with van der Waals surface area (Å²) in [6.45, 7) is 0. The molecule has 0 N–H and O–H groups in total. The van der Waals surface area contributed by atoms with Crippen molar-refractivity contribution in [3.8, 4) is 11.5 Å². The Morgan fingerprint density at radius 2 is 2.00 bits per heavy atom. The zero-order valence-corrected chi connectivity index (χ0v) is 10.6. The van der Waals surface area contributed by atoms with E-state index in [9.17, 15) is 10.1 Å². The molecular weight excluding hydrogens is 285 g/mol. The summed E-state index contributed by atoms with van der Waals surface area (Å²) in [5, 5.41) is 13.0. The van der Waals surface area contributed by atoms with E-state index < -0.39 is 4.92 Å². The molecule has 4 nitrogen and oxygen atoms in total. The Hall–Kier alpha value is -1.30. The molecule has 0 amide bonds. The molecule has 0 saturated heterocycles. The van der Waals surface area contributed by atoms with Gasteiger partial charge in [-0.15, -0.1) is 0 Å². The molecule has 0 saturated carbocycles. The Morgan fingerprint density at radius 3 is 2.65 bits per heavy atom. The number of thiophene rings is 1. The molecule has 0 aliphatic heterocycles. The molecule has 0 aliphatic rings. The van der Waals surface area contributed by atoms with Gasteiger partial charge in [-0.25, -0.2) is 0 Å². The summed E-state index contributed by atoms with van der Waals surface area (Å²) in [7, 11) is 0. The number of nitro groups is 1. The van der Waals surface area contributed by atoms with Gasteiger partial charge in [0.2, 0.25) is 5.75 Å². The van der Waals surface area contributed by atoms with Gasteiger partial charge < -0.3 is 4.74 Å². The van der Waals surface area contributed by atoms with E-state index in [-0.39, 0.29) is 10.8 Å². The fraction of sp³-hybridized carbons (Fsp3) is 0. The Labute approximate surface area is 111 Å². The molecule has 2 aromatic rings. The van der Waals surface area contributed by atoms with Crippen LogP contribution in [0, 0.1) is 10.1 Å². The molecule has 2 rings (SSSR count). The Balaban J connectivity index is 2.31. The lowest BCUT2D eigenvalue weighted by atomic mass is 10.3. The first-order valence-electron chi connectivity index (χ1n) is 4.42. The summed E-state index contributed by atoms with van der Waals surface area (Å²) in [5.41, 5.74) is 0. The number of ether oxygens (including phenoxy) is 1. The lowest BCUT2D eigenvalue weighted by Gasteiger charge is -2.05. The second-order valence-corrected chi connectivity index (χ2v) is 4.76. The minimum Gasteiger partial charge on any atom is -0.448 e. The Kier molecular flexibility index (Phi) is 3.51. The van der Waals surface area contributed by atoms with Crippen LogP contribution in [0.1, 0.15) is 0 Å². The number of rotatable bonds is 3. The molecule has 1 heterocycles. The highest BCUT2D eigenvalue weighted by atomic mass is 35.5. The van der Waals surface area contributed by atoms with Gasteiger partial charge in [-0.05, 0) is 24.3 Å². The summed E-state index contributed by atoms with van der Waals surface area (Å²) in [5.74, 6) is 0.502. The fourth-order valence-electron chi connectivity index (χ4n) is 1.18. The Morgan fingerprint density at radius 1 is 1.24 bits per heavy atom. The minimum atomic E-state index is -0.496. The lowest BCUT2D eigenvalue weighted by Crippen LogP contribution is -1.89. The molecule has 0 aliphatic carbocycles. The van der Waals surface area contributed by atoms with E-state index in [4.69, 9.17) is 27.9 Å². The van der Waals surface area contributed by atoms with Crippen molar-refractivity contribution in [3.63, 3.8) is 0 Å². The molecule has 17 heavy (non-hydrogen) atoms. The quantitative estimate of drug-likeness (QED) is 0.605. The molecule has 0 bridgehead atoms. The molecule has 0 spiro atoms. The second kappa shape index (κ2) is 4.91. The van der Waals surface area contributed by atoms with E-state index in [1.807, 2.05) is 0 Å². The molecule has 1 aromatic carbocycles. The van der Waals surface area contributed by atoms with E-state index in [2.05, 4.69) is 0 Å². The van der Waals surface area contributed by atoms with Crippen molar-refractivity contribution in [2.24, 2.45) is 0 Å². The molecule has 88 valence electrons. The largest absolute Gasteiger partial charge is 0.448 e. The molecule has 0 fully saturated rings. The minimum absolute atomic E-state index is 0.0592. The van der Waals surface area contributed by atoms with Crippen LogP contribution in [0.5, 0.6) is 11.5 Å². The highest BCUT2D eigenvalue weighted by Crippen LogP contribution is 2.38. The molecular formula is C10H5Cl2NO3S. The standard InChI is InChI=1S/C10H5Cl2NO3S/c11-6-1-2-8(7(12)5-6)16-9-3-4-17-10(9)13(14)15/h1-5H. The summed E-state index contributed by atoms with van der Waals surface area (Å²) in [6, 6.07) is 6.19. The van der Waals surface area contributed by atoms with Gasteiger partial charge in [0.15, 0.2) is 0 Å². The molecule has 7 heteroatoms. The summed E-state index contributed by atoms with van der Waals surface area (Å²) < 4.78 is 5.37. The van der Waals surface area contributed by atoms with Crippen LogP contribution in [0.3, 0.4) is 0 Å². The topological polar surface area (TPSA) is 52.4 Å². The van der Waals surface area contributed by atoms with Crippen LogP contribution in [0.15, 0.2) is 29.6 Å². The van der Waals surface area contributed by atoms with E-state index in [0.29, 0.717) is 15.8 Å². The lowest BCUT2D eigenvalue weighted by molar-refractivity contribution is -0.380. The van der Waals surface area contributed by atoms with Gasteiger partial charge >= 0.3 is 5.00 Å². The van der Waals surface area contributed by atoms with Crippen molar-refractivity contribution < 1.29 is 9.66 Å².